The van der Waals surface area contributed by atoms with Crippen LogP contribution in [0.15, 0.2) is 77.7 Å². The first-order chi connectivity index (χ1) is 13.8. The first-order valence-electron chi connectivity index (χ1n) is 8.28. The predicted molar refractivity (Wildman–Crippen MR) is 108 cm³/mol. The lowest BCUT2D eigenvalue weighted by Gasteiger charge is -2.24. The molecule has 29 heavy (non-hydrogen) atoms. The van der Waals surface area contributed by atoms with Gasteiger partial charge in [-0.1, -0.05) is 34.3 Å². The molecule has 0 heterocycles. The minimum atomic E-state index is -4.20. The zero-order chi connectivity index (χ0) is 21.0. The molecule has 0 fully saturated rings. The van der Waals surface area contributed by atoms with E-state index in [0.29, 0.717) is 5.02 Å². The summed E-state index contributed by atoms with van der Waals surface area (Å²) in [6, 6.07) is 17.5. The summed E-state index contributed by atoms with van der Waals surface area (Å²) < 4.78 is 32.5. The fraction of sp³-hybridized carbons (Fsp3) is 0.0500. The van der Waals surface area contributed by atoms with Gasteiger partial charge in [0.25, 0.3) is 10.0 Å². The Bertz CT molecular complexity index is 1120. The highest BCUT2D eigenvalue weighted by molar-refractivity contribution is 7.92. The molecule has 0 aliphatic rings. The van der Waals surface area contributed by atoms with Gasteiger partial charge in [-0.05, 0) is 48.5 Å². The molecular weight excluding hydrogens is 418 g/mol. The second-order valence-corrected chi connectivity index (χ2v) is 7.97. The van der Waals surface area contributed by atoms with Crippen molar-refractivity contribution >= 4 is 33.3 Å². The number of carboxylic acid groups (broad SMARTS) is 1. The third kappa shape index (κ3) is 4.44. The summed E-state index contributed by atoms with van der Waals surface area (Å²) in [5, 5.41) is 9.43. The van der Waals surface area contributed by atoms with Gasteiger partial charge < -0.3 is 14.7 Å². The molecule has 3 aromatic carbocycles. The number of carbonyl (C=O) groups is 1. The van der Waals surface area contributed by atoms with Crippen LogP contribution in [0.2, 0.25) is 5.02 Å². The molecule has 0 spiro atoms. The third-order valence-corrected chi connectivity index (χ3v) is 5.72. The summed E-state index contributed by atoms with van der Waals surface area (Å²) in [5.41, 5.74) is 0.210. The summed E-state index contributed by atoms with van der Waals surface area (Å²) in [7, 11) is -2.79. The quantitative estimate of drug-likeness (QED) is 0.560. The number of hydrogen-bond donors (Lipinski definition) is 1. The molecule has 3 aromatic rings. The van der Waals surface area contributed by atoms with Crippen molar-refractivity contribution in [1.82, 2.24) is 0 Å². The minimum absolute atomic E-state index is 0.0319. The van der Waals surface area contributed by atoms with Crippen molar-refractivity contribution in [2.75, 3.05) is 11.6 Å². The Hall–Kier alpha value is -3.23. The monoisotopic (exact) mass is 433 g/mol. The van der Waals surface area contributed by atoms with Crippen molar-refractivity contribution in [3.8, 4) is 11.5 Å². The topological polar surface area (TPSA) is 93.1 Å². The van der Waals surface area contributed by atoms with E-state index in [0.717, 1.165) is 4.47 Å². The van der Waals surface area contributed by atoms with Gasteiger partial charge >= 0.3 is 5.97 Å². The Morgan fingerprint density at radius 1 is 0.966 bits per heavy atom. The normalized spacial score (nSPS) is 11.0. The van der Waals surface area contributed by atoms with E-state index in [1.165, 1.54) is 49.6 Å². The maximum atomic E-state index is 13.3. The Morgan fingerprint density at radius 2 is 1.62 bits per heavy atom. The molecule has 0 aliphatic carbocycles. The molecule has 0 aliphatic heterocycles. The van der Waals surface area contributed by atoms with E-state index in [1.54, 1.807) is 30.3 Å². The largest absolute Gasteiger partial charge is 0.493 e. The molecule has 7 nitrogen and oxygen atoms in total. The zero-order valence-electron chi connectivity index (χ0n) is 15.2. The Balaban J connectivity index is 2.07. The summed E-state index contributed by atoms with van der Waals surface area (Å²) >= 11 is 5.96. The number of anilines is 1. The fourth-order valence-corrected chi connectivity index (χ4v) is 3.87. The lowest BCUT2D eigenvalue weighted by atomic mass is 10.2. The van der Waals surface area contributed by atoms with Crippen LogP contribution in [0, 0.1) is 0 Å². The molecule has 3 rings (SSSR count). The number of hydrogen-bond acceptors (Lipinski definition) is 5. The van der Waals surface area contributed by atoms with E-state index in [-0.39, 0.29) is 27.6 Å². The number of sulfonamides is 1. The molecule has 0 atom stereocenters. The lowest BCUT2D eigenvalue weighted by Crippen LogP contribution is -2.34. The highest BCUT2D eigenvalue weighted by atomic mass is 35.5. The van der Waals surface area contributed by atoms with Crippen LogP contribution in [0.4, 0.5) is 5.69 Å². The van der Waals surface area contributed by atoms with Gasteiger partial charge in [-0.3, -0.25) is 0 Å². The predicted octanol–water partition coefficient (Wildman–Crippen LogP) is 4.24. The molecule has 0 saturated carbocycles. The van der Waals surface area contributed by atoms with Crippen molar-refractivity contribution < 1.29 is 27.9 Å². The van der Waals surface area contributed by atoms with Crippen LogP contribution < -0.4 is 14.0 Å². The van der Waals surface area contributed by atoms with Gasteiger partial charge in [0, 0.05) is 11.1 Å². The standard InChI is InChI=1S/C20H16ClNO6S/c1-27-19-13-15(21)9-12-18(19)28-22(16-5-3-2-4-6-16)29(25,26)17-10-7-14(8-11-17)20(23)24/h2-13H,1H3,(H,23,24). The molecule has 0 aromatic heterocycles. The van der Waals surface area contributed by atoms with Gasteiger partial charge in [-0.2, -0.15) is 8.42 Å². The van der Waals surface area contributed by atoms with Gasteiger partial charge in [0.15, 0.2) is 11.5 Å². The minimum Gasteiger partial charge on any atom is -0.493 e. The summed E-state index contributed by atoms with van der Waals surface area (Å²) in [5.74, 6) is -0.780. The number of aromatic carboxylic acids is 1. The second-order valence-electron chi connectivity index (χ2n) is 5.78. The molecule has 0 unspecified atom stereocenters. The van der Waals surface area contributed by atoms with Gasteiger partial charge in [-0.25, -0.2) is 4.79 Å². The molecule has 0 bridgehead atoms. The number of ether oxygens (including phenoxy) is 1. The number of carboxylic acids is 1. The average molecular weight is 434 g/mol. The van der Waals surface area contributed by atoms with Crippen molar-refractivity contribution in [3.63, 3.8) is 0 Å². The number of rotatable bonds is 7. The third-order valence-electron chi connectivity index (χ3n) is 3.89. The fourth-order valence-electron chi connectivity index (χ4n) is 2.46. The lowest BCUT2D eigenvalue weighted by molar-refractivity contribution is 0.0696. The van der Waals surface area contributed by atoms with Crippen LogP contribution in [0.25, 0.3) is 0 Å². The smallest absolute Gasteiger partial charge is 0.335 e. The molecule has 1 N–H and O–H groups in total. The maximum Gasteiger partial charge on any atom is 0.335 e. The van der Waals surface area contributed by atoms with E-state index in [2.05, 4.69) is 0 Å². The van der Waals surface area contributed by atoms with E-state index in [4.69, 9.17) is 26.3 Å². The number of benzene rings is 3. The van der Waals surface area contributed by atoms with Gasteiger partial charge in [0.1, 0.15) is 0 Å². The van der Waals surface area contributed by atoms with Crippen LogP contribution in [0.1, 0.15) is 10.4 Å². The number of methoxy groups -OCH3 is 1. The highest BCUT2D eigenvalue weighted by Gasteiger charge is 2.28. The molecule has 150 valence electrons. The SMILES string of the molecule is COc1cc(Cl)ccc1ON(c1ccccc1)S(=O)(=O)c1ccc(C(=O)O)cc1. The van der Waals surface area contributed by atoms with Crippen LogP contribution in [-0.2, 0) is 10.0 Å². The van der Waals surface area contributed by atoms with E-state index in [1.807, 2.05) is 0 Å². The van der Waals surface area contributed by atoms with E-state index in [9.17, 15) is 13.2 Å². The number of para-hydroxylation sites is 1. The first-order valence-corrected chi connectivity index (χ1v) is 10.1. The van der Waals surface area contributed by atoms with E-state index >= 15 is 0 Å². The second kappa shape index (κ2) is 8.42. The van der Waals surface area contributed by atoms with Crippen LogP contribution >= 0.6 is 11.6 Å². The molecular formula is C20H16ClNO6S. The van der Waals surface area contributed by atoms with Crippen LogP contribution in [0.5, 0.6) is 11.5 Å². The zero-order valence-corrected chi connectivity index (χ0v) is 16.7. The van der Waals surface area contributed by atoms with Crippen LogP contribution in [-0.4, -0.2) is 26.6 Å². The van der Waals surface area contributed by atoms with Crippen molar-refractivity contribution in [3.05, 3.63) is 83.4 Å². The molecule has 9 heteroatoms. The summed E-state index contributed by atoms with van der Waals surface area (Å²) in [6.07, 6.45) is 0. The van der Waals surface area contributed by atoms with Crippen molar-refractivity contribution in [1.29, 1.82) is 0 Å². The van der Waals surface area contributed by atoms with Gasteiger partial charge in [-0.15, -0.1) is 0 Å². The van der Waals surface area contributed by atoms with Gasteiger partial charge in [0.2, 0.25) is 0 Å². The maximum absolute atomic E-state index is 13.3. The average Bonchev–Trinajstić information content (AvgIpc) is 2.73. The Kier molecular flexibility index (Phi) is 5.95. The van der Waals surface area contributed by atoms with Gasteiger partial charge in [0.05, 0.1) is 23.3 Å². The molecule has 0 saturated heterocycles. The van der Waals surface area contributed by atoms with Crippen LogP contribution in [0.3, 0.4) is 0 Å². The highest BCUT2D eigenvalue weighted by Crippen LogP contribution is 2.33. The van der Waals surface area contributed by atoms with Crippen molar-refractivity contribution in [2.24, 2.45) is 0 Å². The molecule has 0 amide bonds. The summed E-state index contributed by atoms with van der Waals surface area (Å²) in [4.78, 5) is 16.6. The summed E-state index contributed by atoms with van der Waals surface area (Å²) in [6.45, 7) is 0. The Morgan fingerprint density at radius 3 is 2.21 bits per heavy atom. The Labute approximate surface area is 172 Å². The number of halogens is 1. The van der Waals surface area contributed by atoms with Crippen molar-refractivity contribution in [2.45, 2.75) is 4.90 Å². The first kappa shape index (κ1) is 20.5. The number of nitrogens with zero attached hydrogens (tertiary/aromatic N) is 1. The van der Waals surface area contributed by atoms with E-state index < -0.39 is 16.0 Å². The molecule has 0 radical (unpaired) electrons.